The van der Waals surface area contributed by atoms with Gasteiger partial charge < -0.3 is 14.1 Å². The molecule has 42 heavy (non-hydrogen) atoms. The van der Waals surface area contributed by atoms with Crippen molar-refractivity contribution in [1.29, 1.82) is 0 Å². The number of rotatable bonds is 24. The Hall–Kier alpha value is 0.300. The highest BCUT2D eigenvalue weighted by atomic mass is 31.2. The lowest BCUT2D eigenvalue weighted by molar-refractivity contribution is -0.00100. The molecule has 1 aromatic rings. The van der Waals surface area contributed by atoms with Crippen LogP contribution < -0.4 is 14.1 Å². The topological polar surface area (TPSA) is 0 Å². The first-order valence-corrected chi connectivity index (χ1v) is 25.0. The van der Waals surface area contributed by atoms with Crippen molar-refractivity contribution in [2.75, 3.05) is 55.5 Å². The maximum Gasteiger partial charge on any atom is 0.0843 e. The van der Waals surface area contributed by atoms with Gasteiger partial charge in [0.25, 0.3) is 0 Å². The molecule has 0 aliphatic heterocycles. The summed E-state index contributed by atoms with van der Waals surface area (Å²) in [5.74, 6) is 0. The third-order valence-corrected chi connectivity index (χ3v) is 24.6. The summed E-state index contributed by atoms with van der Waals surface area (Å²) >= 11 is 0. The van der Waals surface area contributed by atoms with Gasteiger partial charge in [-0.3, -0.25) is 0 Å². The highest BCUT2D eigenvalue weighted by Gasteiger charge is 2.39. The zero-order valence-electron chi connectivity index (χ0n) is 29.6. The summed E-state index contributed by atoms with van der Waals surface area (Å²) in [6.45, 7) is 22.0. The van der Waals surface area contributed by atoms with Crippen LogP contribution in [-0.4, -0.2) is 55.5 Å². The van der Waals surface area contributed by atoms with Crippen LogP contribution in [0.1, 0.15) is 137 Å². The largest absolute Gasteiger partial charge is 1.00 e. The molecule has 0 atom stereocenters. The second kappa shape index (κ2) is 25.5. The minimum atomic E-state index is -0.918. The molecule has 0 saturated carbocycles. The number of benzene rings is 1. The van der Waals surface area contributed by atoms with Gasteiger partial charge in [0.2, 0.25) is 0 Å². The van der Waals surface area contributed by atoms with Crippen LogP contribution in [0.4, 0.5) is 0 Å². The van der Waals surface area contributed by atoms with E-state index in [1.807, 2.05) is 0 Å². The Balaban J connectivity index is -0.00000507. The first-order valence-electron chi connectivity index (χ1n) is 17.5. The van der Waals surface area contributed by atoms with Crippen molar-refractivity contribution < 1.29 is 14.1 Å². The monoisotopic (exact) mass is 654 g/mol. The molecule has 0 nitrogen and oxygen atoms in total. The fourth-order valence-electron chi connectivity index (χ4n) is 8.26. The van der Waals surface area contributed by atoms with Crippen molar-refractivity contribution >= 4 is 21.8 Å². The van der Waals surface area contributed by atoms with Crippen LogP contribution in [0.2, 0.25) is 0 Å². The van der Waals surface area contributed by atoms with Crippen LogP contribution in [0.5, 0.6) is 0 Å². The number of hydrogen-bond acceptors (Lipinski definition) is 0. The van der Waals surface area contributed by atoms with E-state index in [0.717, 1.165) is 0 Å². The maximum absolute atomic E-state index is 2.76. The van der Waals surface area contributed by atoms with E-state index in [1.54, 1.807) is 16.7 Å². The van der Waals surface area contributed by atoms with Gasteiger partial charge in [0.15, 0.2) is 0 Å². The summed E-state index contributed by atoms with van der Waals surface area (Å²) in [7, 11) is -2.75. The predicted molar refractivity (Wildman–Crippen MR) is 195 cm³/mol. The van der Waals surface area contributed by atoms with Crippen molar-refractivity contribution in [2.45, 2.75) is 139 Å². The van der Waals surface area contributed by atoms with E-state index < -0.39 is 21.8 Å². The Labute approximate surface area is 264 Å². The van der Waals surface area contributed by atoms with Crippen LogP contribution >= 0.6 is 21.8 Å². The number of hydrogen-bond donors (Lipinski definition) is 0. The summed E-state index contributed by atoms with van der Waals surface area (Å²) in [5.41, 5.74) is 5.24. The Morgan fingerprint density at radius 3 is 0.571 bits per heavy atom. The van der Waals surface area contributed by atoms with E-state index in [0.29, 0.717) is 0 Å². The van der Waals surface area contributed by atoms with E-state index >= 15 is 0 Å². The molecule has 0 bridgehead atoms. The minimum absolute atomic E-state index is 0. The van der Waals surface area contributed by atoms with Crippen LogP contribution in [0.15, 0.2) is 18.2 Å². The third kappa shape index (κ3) is 15.5. The number of halogens is 3. The second-order valence-corrected chi connectivity index (χ2v) is 26.2. The van der Waals surface area contributed by atoms with Crippen LogP contribution in [0.25, 0.3) is 0 Å². The lowest BCUT2D eigenvalue weighted by atomic mass is 10.1. The lowest BCUT2D eigenvalue weighted by Gasteiger charge is -2.30. The Kier molecular flexibility index (Phi) is 28.3. The quantitative estimate of drug-likeness (QED) is 0.148. The molecule has 1 rings (SSSR count). The van der Waals surface area contributed by atoms with Gasteiger partial charge in [-0.25, -0.2) is 0 Å². The van der Waals surface area contributed by atoms with Crippen LogP contribution in [-0.2, 0) is 18.5 Å². The lowest BCUT2D eigenvalue weighted by Crippen LogP contribution is -3.00. The average Bonchev–Trinajstić information content (AvgIpc) is 2.85. The van der Waals surface area contributed by atoms with Crippen molar-refractivity contribution in [3.8, 4) is 0 Å². The zero-order valence-corrected chi connectivity index (χ0v) is 32.2. The fraction of sp³-hybridized carbons (Fsp3) is 0.833. The van der Waals surface area contributed by atoms with Gasteiger partial charge in [0.1, 0.15) is 0 Å². The molecule has 252 valence electrons. The SMILES string of the molecule is CCC[P+](CCC)(CCC)Cc1cc(C[P+](CCC)(CCC)CCC)cc(C[P+](CCC)(CCC)CCC)c1.[F-].[F-].[F-]. The van der Waals surface area contributed by atoms with Gasteiger partial charge in [0, 0.05) is 21.8 Å². The molecular weight excluding hydrogens is 582 g/mol. The predicted octanol–water partition coefficient (Wildman–Crippen LogP) is 3.94. The average molecular weight is 655 g/mol. The summed E-state index contributed by atoms with van der Waals surface area (Å²) in [6, 6.07) is 8.28. The van der Waals surface area contributed by atoms with E-state index in [1.165, 1.54) is 132 Å². The molecule has 0 aliphatic rings. The van der Waals surface area contributed by atoms with Gasteiger partial charge in [0.05, 0.1) is 73.9 Å². The maximum atomic E-state index is 2.76. The molecule has 0 fully saturated rings. The summed E-state index contributed by atoms with van der Waals surface area (Å²) in [5, 5.41) is 0. The van der Waals surface area contributed by atoms with Crippen LogP contribution in [0.3, 0.4) is 0 Å². The molecule has 0 spiro atoms. The molecule has 0 saturated heterocycles. The molecule has 6 heteroatoms. The first kappa shape index (κ1) is 46.7. The molecule has 0 heterocycles. The van der Waals surface area contributed by atoms with Gasteiger partial charge in [-0.05, 0) is 92.7 Å². The summed E-state index contributed by atoms with van der Waals surface area (Å²) in [4.78, 5) is 0. The standard InChI is InChI=1S/C36H72P3.3FH/c1-10-19-37(20-11-2,21-12-3)31-34-28-35(32-38(22-13-4,23-14-5)24-15-6)30-36(29-34)33-39(25-16-7,26-17-8)27-18-9;;;/h28-30H,10-27,31-33H2,1-9H3;3*1H/q+3;;;/p-3. The van der Waals surface area contributed by atoms with Gasteiger partial charge in [-0.2, -0.15) is 0 Å². The van der Waals surface area contributed by atoms with Gasteiger partial charge >= 0.3 is 0 Å². The van der Waals surface area contributed by atoms with Gasteiger partial charge in [-0.1, -0.05) is 62.3 Å². The van der Waals surface area contributed by atoms with E-state index in [2.05, 4.69) is 80.5 Å². The van der Waals surface area contributed by atoms with Crippen molar-refractivity contribution in [3.63, 3.8) is 0 Å². The molecule has 0 radical (unpaired) electrons. The highest BCUT2D eigenvalue weighted by Crippen LogP contribution is 2.66. The third-order valence-electron chi connectivity index (χ3n) is 8.95. The molecule has 0 aromatic heterocycles. The van der Waals surface area contributed by atoms with Crippen LogP contribution in [0, 0.1) is 0 Å². The van der Waals surface area contributed by atoms with E-state index in [-0.39, 0.29) is 14.1 Å². The normalized spacial score (nSPS) is 11.9. The van der Waals surface area contributed by atoms with E-state index in [9.17, 15) is 0 Å². The van der Waals surface area contributed by atoms with Crippen molar-refractivity contribution in [3.05, 3.63) is 34.9 Å². The fourth-order valence-corrected chi connectivity index (χ4v) is 23.1. The summed E-state index contributed by atoms with van der Waals surface area (Å²) < 4.78 is 0. The Morgan fingerprint density at radius 2 is 0.452 bits per heavy atom. The Morgan fingerprint density at radius 1 is 0.310 bits per heavy atom. The second-order valence-electron chi connectivity index (χ2n) is 13.2. The molecule has 0 amide bonds. The molecular formula is C36H72F3P3. The Bertz CT molecular complexity index is 608. The molecule has 0 unspecified atom stereocenters. The molecule has 0 N–H and O–H groups in total. The molecule has 1 aromatic carbocycles. The van der Waals surface area contributed by atoms with Crippen molar-refractivity contribution in [2.24, 2.45) is 0 Å². The summed E-state index contributed by atoms with van der Waals surface area (Å²) in [6.07, 6.45) is 30.2. The van der Waals surface area contributed by atoms with E-state index in [4.69, 9.17) is 0 Å². The highest BCUT2D eigenvalue weighted by molar-refractivity contribution is 7.75. The minimum Gasteiger partial charge on any atom is -1.00 e. The molecule has 0 aliphatic carbocycles. The van der Waals surface area contributed by atoms with Crippen molar-refractivity contribution in [1.82, 2.24) is 0 Å². The smallest absolute Gasteiger partial charge is 0.0843 e. The van der Waals surface area contributed by atoms with Gasteiger partial charge in [-0.15, -0.1) is 0 Å². The first-order chi connectivity index (χ1) is 18.8. The zero-order chi connectivity index (χ0) is 29.2.